The van der Waals surface area contributed by atoms with Gasteiger partial charge in [-0.2, -0.15) is 0 Å². The SMILES string of the molecule is CCCCCN(C(=O)CCC)c1ccc2nc(CCCC)n(Cc3ccc(-c4ccccc4OC(=O)OC(C)(C)C)cc3)c2c1. The molecule has 4 aromatic rings. The van der Waals surface area contributed by atoms with Crippen LogP contribution in [0.2, 0.25) is 0 Å². The average Bonchev–Trinajstić information content (AvgIpc) is 3.34. The number of carbonyl (C=O) groups is 2. The second-order valence-electron chi connectivity index (χ2n) is 12.7. The molecule has 0 radical (unpaired) electrons. The Morgan fingerprint density at radius 2 is 1.60 bits per heavy atom. The summed E-state index contributed by atoms with van der Waals surface area (Å²) in [5, 5.41) is 0. The molecule has 0 atom stereocenters. The van der Waals surface area contributed by atoms with E-state index in [0.717, 1.165) is 90.7 Å². The van der Waals surface area contributed by atoms with Crippen molar-refractivity contribution in [2.45, 2.75) is 105 Å². The van der Waals surface area contributed by atoms with E-state index in [1.807, 2.05) is 49.9 Å². The molecule has 0 saturated heterocycles. The molecular formula is C38H49N3O4. The van der Waals surface area contributed by atoms with Crippen LogP contribution < -0.4 is 9.64 Å². The van der Waals surface area contributed by atoms with Crippen LogP contribution in [0, 0.1) is 0 Å². The Kier molecular flexibility index (Phi) is 11.8. The standard InChI is InChI=1S/C38H49N3O4/c1-7-10-14-25-40(36(42)15-9-3)30-23-24-32-33(26-30)41(35(39-32)18-11-8-2)27-28-19-21-29(22-20-28)31-16-12-13-17-34(31)44-37(43)45-38(4,5)6/h12-13,16-17,19-24,26H,7-11,14-15,18,25,27H2,1-6H3. The Balaban J connectivity index is 1.64. The molecule has 7 nitrogen and oxygen atoms in total. The van der Waals surface area contributed by atoms with Gasteiger partial charge in [-0.15, -0.1) is 0 Å². The fraction of sp³-hybridized carbons (Fsp3) is 0.447. The summed E-state index contributed by atoms with van der Waals surface area (Å²) in [7, 11) is 0. The molecule has 0 N–H and O–H groups in total. The van der Waals surface area contributed by atoms with Gasteiger partial charge in [-0.25, -0.2) is 9.78 Å². The number of ether oxygens (including phenoxy) is 2. The summed E-state index contributed by atoms with van der Waals surface area (Å²) in [4.78, 5) is 32.5. The molecule has 0 aliphatic rings. The number of hydrogen-bond donors (Lipinski definition) is 0. The van der Waals surface area contributed by atoms with E-state index in [9.17, 15) is 9.59 Å². The van der Waals surface area contributed by atoms with Crippen LogP contribution in [-0.4, -0.2) is 33.8 Å². The number of para-hydroxylation sites is 1. The number of rotatable bonds is 14. The van der Waals surface area contributed by atoms with E-state index in [-0.39, 0.29) is 5.91 Å². The maximum Gasteiger partial charge on any atom is 0.514 e. The fourth-order valence-electron chi connectivity index (χ4n) is 5.42. The molecule has 0 saturated carbocycles. The van der Waals surface area contributed by atoms with Crippen molar-refractivity contribution in [2.75, 3.05) is 11.4 Å². The van der Waals surface area contributed by atoms with Crippen molar-refractivity contribution in [3.8, 4) is 16.9 Å². The molecule has 0 unspecified atom stereocenters. The minimum atomic E-state index is -0.724. The summed E-state index contributed by atoms with van der Waals surface area (Å²) in [5.41, 5.74) is 5.19. The lowest BCUT2D eigenvalue weighted by Gasteiger charge is -2.23. The van der Waals surface area contributed by atoms with Crippen LogP contribution in [0.4, 0.5) is 10.5 Å². The third-order valence-corrected chi connectivity index (χ3v) is 7.70. The Morgan fingerprint density at radius 3 is 2.29 bits per heavy atom. The highest BCUT2D eigenvalue weighted by molar-refractivity contribution is 5.95. The molecule has 0 bridgehead atoms. The molecular weight excluding hydrogens is 562 g/mol. The molecule has 7 heteroatoms. The van der Waals surface area contributed by atoms with Gasteiger partial charge in [-0.05, 0) is 75.4 Å². The number of nitrogens with zero attached hydrogens (tertiary/aromatic N) is 3. The van der Waals surface area contributed by atoms with Gasteiger partial charge in [0.15, 0.2) is 0 Å². The fourth-order valence-corrected chi connectivity index (χ4v) is 5.42. The van der Waals surface area contributed by atoms with Crippen LogP contribution in [0.3, 0.4) is 0 Å². The van der Waals surface area contributed by atoms with E-state index in [1.165, 1.54) is 0 Å². The number of anilines is 1. The van der Waals surface area contributed by atoms with Gasteiger partial charge in [0, 0.05) is 37.2 Å². The highest BCUT2D eigenvalue weighted by Gasteiger charge is 2.20. The lowest BCUT2D eigenvalue weighted by Crippen LogP contribution is -2.31. The zero-order chi connectivity index (χ0) is 32.4. The van der Waals surface area contributed by atoms with Crippen LogP contribution in [0.1, 0.15) is 97.9 Å². The van der Waals surface area contributed by atoms with Gasteiger partial charge >= 0.3 is 6.16 Å². The summed E-state index contributed by atoms with van der Waals surface area (Å²) in [6, 6.07) is 22.1. The van der Waals surface area contributed by atoms with E-state index in [1.54, 1.807) is 6.07 Å². The second-order valence-corrected chi connectivity index (χ2v) is 12.7. The summed E-state index contributed by atoms with van der Waals surface area (Å²) in [6.45, 7) is 13.3. The van der Waals surface area contributed by atoms with Crippen LogP contribution in [0.25, 0.3) is 22.2 Å². The van der Waals surface area contributed by atoms with E-state index in [0.29, 0.717) is 18.7 Å². The monoisotopic (exact) mass is 611 g/mol. The van der Waals surface area contributed by atoms with Crippen molar-refractivity contribution in [2.24, 2.45) is 0 Å². The topological polar surface area (TPSA) is 73.7 Å². The van der Waals surface area contributed by atoms with E-state index >= 15 is 0 Å². The summed E-state index contributed by atoms with van der Waals surface area (Å²) in [6.07, 6.45) is 6.90. The van der Waals surface area contributed by atoms with Crippen molar-refractivity contribution < 1.29 is 19.1 Å². The normalized spacial score (nSPS) is 11.5. The highest BCUT2D eigenvalue weighted by atomic mass is 16.7. The van der Waals surface area contributed by atoms with E-state index < -0.39 is 11.8 Å². The number of amides is 1. The number of imidazole rings is 1. The first-order valence-electron chi connectivity index (χ1n) is 16.5. The Labute approximate surface area is 268 Å². The Hall–Kier alpha value is -4.13. The van der Waals surface area contributed by atoms with Crippen molar-refractivity contribution in [1.82, 2.24) is 9.55 Å². The minimum absolute atomic E-state index is 0.178. The zero-order valence-corrected chi connectivity index (χ0v) is 27.9. The first kappa shape index (κ1) is 33.8. The molecule has 4 rings (SSSR count). The molecule has 0 fully saturated rings. The van der Waals surface area contributed by atoms with Crippen molar-refractivity contribution in [3.63, 3.8) is 0 Å². The number of hydrogen-bond acceptors (Lipinski definition) is 5. The smallest absolute Gasteiger partial charge is 0.428 e. The predicted octanol–water partition coefficient (Wildman–Crippen LogP) is 9.73. The lowest BCUT2D eigenvalue weighted by molar-refractivity contribution is -0.118. The van der Waals surface area contributed by atoms with Crippen molar-refractivity contribution in [1.29, 1.82) is 0 Å². The molecule has 0 aliphatic heterocycles. The first-order valence-corrected chi connectivity index (χ1v) is 16.5. The summed E-state index contributed by atoms with van der Waals surface area (Å²) in [5.74, 6) is 1.69. The molecule has 1 heterocycles. The van der Waals surface area contributed by atoms with Crippen LogP contribution in [0.15, 0.2) is 66.7 Å². The number of fused-ring (bicyclic) bond motifs is 1. The number of aromatic nitrogens is 2. The molecule has 45 heavy (non-hydrogen) atoms. The maximum absolute atomic E-state index is 13.2. The highest BCUT2D eigenvalue weighted by Crippen LogP contribution is 2.32. The molecule has 3 aromatic carbocycles. The van der Waals surface area contributed by atoms with Gasteiger partial charge in [-0.1, -0.05) is 82.5 Å². The van der Waals surface area contributed by atoms with Gasteiger partial charge in [0.05, 0.1) is 11.0 Å². The molecule has 1 amide bonds. The predicted molar refractivity (Wildman–Crippen MR) is 183 cm³/mol. The van der Waals surface area contributed by atoms with Crippen LogP contribution in [-0.2, 0) is 22.5 Å². The van der Waals surface area contributed by atoms with Gasteiger partial charge in [0.2, 0.25) is 5.91 Å². The quantitative estimate of drug-likeness (QED) is 0.0806. The second kappa shape index (κ2) is 15.7. The van der Waals surface area contributed by atoms with Gasteiger partial charge in [0.1, 0.15) is 17.2 Å². The molecule has 0 aliphatic carbocycles. The number of benzene rings is 3. The minimum Gasteiger partial charge on any atom is -0.428 e. The van der Waals surface area contributed by atoms with E-state index in [4.69, 9.17) is 14.5 Å². The summed E-state index contributed by atoms with van der Waals surface area (Å²) < 4.78 is 13.3. The summed E-state index contributed by atoms with van der Waals surface area (Å²) >= 11 is 0. The van der Waals surface area contributed by atoms with Gasteiger partial charge in [-0.3, -0.25) is 4.79 Å². The van der Waals surface area contributed by atoms with Crippen molar-refractivity contribution in [3.05, 3.63) is 78.1 Å². The Morgan fingerprint density at radius 1 is 0.867 bits per heavy atom. The lowest BCUT2D eigenvalue weighted by atomic mass is 10.0. The largest absolute Gasteiger partial charge is 0.514 e. The third kappa shape index (κ3) is 9.19. The average molecular weight is 612 g/mol. The Bertz CT molecular complexity index is 1570. The first-order chi connectivity index (χ1) is 21.6. The maximum atomic E-state index is 13.2. The van der Waals surface area contributed by atoms with Crippen LogP contribution in [0.5, 0.6) is 5.75 Å². The third-order valence-electron chi connectivity index (χ3n) is 7.70. The van der Waals surface area contributed by atoms with Gasteiger partial charge in [0.25, 0.3) is 0 Å². The number of unbranched alkanes of at least 4 members (excludes halogenated alkanes) is 3. The van der Waals surface area contributed by atoms with E-state index in [2.05, 4.69) is 61.7 Å². The van der Waals surface area contributed by atoms with Crippen LogP contribution >= 0.6 is 0 Å². The number of aryl methyl sites for hydroxylation is 1. The zero-order valence-electron chi connectivity index (χ0n) is 27.9. The molecule has 0 spiro atoms. The van der Waals surface area contributed by atoms with Crippen molar-refractivity contribution >= 4 is 28.8 Å². The molecule has 1 aromatic heterocycles. The number of carbonyl (C=O) groups excluding carboxylic acids is 2. The van der Waals surface area contributed by atoms with Gasteiger partial charge < -0.3 is 18.9 Å². The molecule has 240 valence electrons.